The van der Waals surface area contributed by atoms with Crippen molar-refractivity contribution < 1.29 is 36.3 Å². The third-order valence-electron chi connectivity index (χ3n) is 4.23. The molecule has 1 atom stereocenters. The van der Waals surface area contributed by atoms with Gasteiger partial charge in [0.05, 0.1) is 12.7 Å². The van der Waals surface area contributed by atoms with Crippen molar-refractivity contribution in [3.05, 3.63) is 30.1 Å². The number of carbonyl (C=O) groups is 3. The van der Waals surface area contributed by atoms with Gasteiger partial charge in [-0.15, -0.1) is 0 Å². The van der Waals surface area contributed by atoms with Crippen LogP contribution in [0.1, 0.15) is 44.0 Å². The molecule has 174 valence electrons. The monoisotopic (exact) mass is 458 g/mol. The predicted molar refractivity (Wildman–Crippen MR) is 112 cm³/mol. The van der Waals surface area contributed by atoms with E-state index < -0.39 is 27.6 Å². The van der Waals surface area contributed by atoms with Gasteiger partial charge in [-0.3, -0.25) is 9.59 Å². The van der Waals surface area contributed by atoms with Crippen LogP contribution < -0.4 is 9.88 Å². The number of amides is 2. The maximum atomic E-state index is 12.2. The standard InChI is InChI=1S/C20H31N3O7S/c1-15(2)10-20(3,11-17(24)30-31(6,27)28)13-21-19(26)29-14-23-9-7-8-16(12-23)18(25)22(4)5/h7-9,12,15H,10-11,13-14H2,1-6H3/p+1. The number of aromatic nitrogens is 1. The molecule has 1 N–H and O–H groups in total. The van der Waals surface area contributed by atoms with Gasteiger partial charge in [0.1, 0.15) is 5.56 Å². The fraction of sp³-hybridized carbons (Fsp3) is 0.600. The molecule has 0 saturated carbocycles. The topological polar surface area (TPSA) is 123 Å². The first-order chi connectivity index (χ1) is 14.2. The first kappa shape index (κ1) is 26.3. The number of nitrogens with zero attached hydrogens (tertiary/aromatic N) is 2. The molecule has 0 radical (unpaired) electrons. The van der Waals surface area contributed by atoms with Crippen molar-refractivity contribution >= 4 is 28.1 Å². The molecule has 0 aliphatic rings. The SMILES string of the molecule is CC(C)CC(C)(CNC(=O)OC[n+]1cccc(C(=O)N(C)C)c1)CC(=O)OS(C)(=O)=O. The van der Waals surface area contributed by atoms with Gasteiger partial charge in [0, 0.05) is 26.7 Å². The summed E-state index contributed by atoms with van der Waals surface area (Å²) in [6.45, 7) is 5.65. The first-order valence-electron chi connectivity index (χ1n) is 9.74. The average molecular weight is 459 g/mol. The number of ether oxygens (including phenoxy) is 1. The highest BCUT2D eigenvalue weighted by molar-refractivity contribution is 7.86. The minimum absolute atomic E-state index is 0.0900. The van der Waals surface area contributed by atoms with E-state index in [2.05, 4.69) is 9.50 Å². The summed E-state index contributed by atoms with van der Waals surface area (Å²) in [6, 6.07) is 3.33. The Balaban J connectivity index is 2.69. The molecule has 1 unspecified atom stereocenters. The van der Waals surface area contributed by atoms with Crippen molar-refractivity contribution in [2.75, 3.05) is 26.9 Å². The molecule has 0 aliphatic carbocycles. The van der Waals surface area contributed by atoms with E-state index in [-0.39, 0.29) is 31.5 Å². The summed E-state index contributed by atoms with van der Waals surface area (Å²) in [6.07, 6.45) is 3.70. The molecule has 1 rings (SSSR count). The number of rotatable bonds is 10. The Kier molecular flexibility index (Phi) is 9.41. The van der Waals surface area contributed by atoms with Crippen molar-refractivity contribution in [1.29, 1.82) is 0 Å². The normalized spacial score (nSPS) is 13.3. The molecule has 0 aromatic carbocycles. The molecule has 1 heterocycles. The lowest BCUT2D eigenvalue weighted by atomic mass is 9.79. The molecule has 31 heavy (non-hydrogen) atoms. The van der Waals surface area contributed by atoms with Gasteiger partial charge in [0.25, 0.3) is 12.6 Å². The second-order valence-corrected chi connectivity index (χ2v) is 10.0. The van der Waals surface area contributed by atoms with E-state index in [1.807, 2.05) is 13.8 Å². The van der Waals surface area contributed by atoms with Crippen LogP contribution in [0.2, 0.25) is 0 Å². The maximum Gasteiger partial charge on any atom is 0.412 e. The summed E-state index contributed by atoms with van der Waals surface area (Å²) in [5.74, 6) is -0.857. The molecule has 0 fully saturated rings. The minimum Gasteiger partial charge on any atom is -0.388 e. The molecule has 0 saturated heterocycles. The van der Waals surface area contributed by atoms with Gasteiger partial charge in [-0.05, 0) is 23.8 Å². The van der Waals surface area contributed by atoms with E-state index in [0.717, 1.165) is 6.26 Å². The van der Waals surface area contributed by atoms with E-state index in [4.69, 9.17) is 4.74 Å². The molecular weight excluding hydrogens is 426 g/mol. The van der Waals surface area contributed by atoms with Gasteiger partial charge in [0.2, 0.25) is 0 Å². The zero-order chi connectivity index (χ0) is 23.8. The van der Waals surface area contributed by atoms with Crippen LogP contribution in [0.4, 0.5) is 4.79 Å². The molecule has 11 heteroatoms. The third kappa shape index (κ3) is 10.3. The van der Waals surface area contributed by atoms with Crippen molar-refractivity contribution in [3.63, 3.8) is 0 Å². The largest absolute Gasteiger partial charge is 0.412 e. The Morgan fingerprint density at radius 3 is 2.45 bits per heavy atom. The van der Waals surface area contributed by atoms with E-state index in [9.17, 15) is 22.8 Å². The van der Waals surface area contributed by atoms with Crippen LogP contribution in [-0.4, -0.2) is 58.2 Å². The number of hydrogen-bond donors (Lipinski definition) is 1. The predicted octanol–water partition coefficient (Wildman–Crippen LogP) is 1.30. The van der Waals surface area contributed by atoms with E-state index >= 15 is 0 Å². The Morgan fingerprint density at radius 1 is 1.26 bits per heavy atom. The average Bonchev–Trinajstić information content (AvgIpc) is 2.61. The molecule has 1 aromatic rings. The van der Waals surface area contributed by atoms with E-state index in [0.29, 0.717) is 12.0 Å². The highest BCUT2D eigenvalue weighted by Crippen LogP contribution is 2.30. The fourth-order valence-corrected chi connectivity index (χ4v) is 3.59. The molecular formula is C20H32N3O7S+. The third-order valence-corrected chi connectivity index (χ3v) is 4.72. The number of hydrogen-bond acceptors (Lipinski definition) is 7. The molecule has 10 nitrogen and oxygen atoms in total. The van der Waals surface area contributed by atoms with Crippen molar-refractivity contribution in [1.82, 2.24) is 10.2 Å². The second kappa shape index (κ2) is 11.1. The molecule has 2 amide bonds. The number of alkyl carbamates (subject to hydrolysis) is 1. The summed E-state index contributed by atoms with van der Waals surface area (Å²) < 4.78 is 33.5. The van der Waals surface area contributed by atoms with Gasteiger partial charge in [0.15, 0.2) is 12.4 Å². The van der Waals surface area contributed by atoms with E-state index in [1.54, 1.807) is 50.1 Å². The summed E-state index contributed by atoms with van der Waals surface area (Å²) in [7, 11) is -0.617. The van der Waals surface area contributed by atoms with Gasteiger partial charge in [-0.25, -0.2) is 4.79 Å². The van der Waals surface area contributed by atoms with Crippen molar-refractivity contribution in [2.45, 2.75) is 40.3 Å². The lowest BCUT2D eigenvalue weighted by Gasteiger charge is -2.30. The van der Waals surface area contributed by atoms with Crippen molar-refractivity contribution in [2.24, 2.45) is 11.3 Å². The second-order valence-electron chi connectivity index (χ2n) is 8.47. The Labute approximate surface area is 183 Å². The minimum atomic E-state index is -3.90. The van der Waals surface area contributed by atoms with Crippen LogP contribution in [-0.2, 0) is 30.6 Å². The summed E-state index contributed by atoms with van der Waals surface area (Å²) in [5, 5.41) is 2.62. The lowest BCUT2D eigenvalue weighted by Crippen LogP contribution is -2.42. The molecule has 0 aliphatic heterocycles. The van der Waals surface area contributed by atoms with Gasteiger partial charge in [-0.1, -0.05) is 20.8 Å². The summed E-state index contributed by atoms with van der Waals surface area (Å²) in [5.41, 5.74) is -0.273. The number of carbonyl (C=O) groups excluding carboxylic acids is 3. The van der Waals surface area contributed by atoms with Gasteiger partial charge >= 0.3 is 22.2 Å². The molecule has 1 aromatic heterocycles. The van der Waals surface area contributed by atoms with Crippen LogP contribution in [0.15, 0.2) is 24.5 Å². The maximum absolute atomic E-state index is 12.2. The van der Waals surface area contributed by atoms with Crippen LogP contribution in [0.25, 0.3) is 0 Å². The number of nitrogens with one attached hydrogen (secondary N) is 1. The van der Waals surface area contributed by atoms with Crippen molar-refractivity contribution in [3.8, 4) is 0 Å². The van der Waals surface area contributed by atoms with E-state index in [1.165, 1.54) is 4.90 Å². The first-order valence-corrected chi connectivity index (χ1v) is 11.6. The van der Waals surface area contributed by atoms with Crippen LogP contribution in [0.3, 0.4) is 0 Å². The smallest absolute Gasteiger partial charge is 0.388 e. The summed E-state index contributed by atoms with van der Waals surface area (Å²) in [4.78, 5) is 37.6. The van der Waals surface area contributed by atoms with Gasteiger partial charge in [-0.2, -0.15) is 13.0 Å². The quantitative estimate of drug-likeness (QED) is 0.414. The Hall–Kier alpha value is -2.69. The zero-order valence-electron chi connectivity index (χ0n) is 18.9. The zero-order valence-corrected chi connectivity index (χ0v) is 19.7. The van der Waals surface area contributed by atoms with Crippen LogP contribution in [0.5, 0.6) is 0 Å². The molecule has 0 bridgehead atoms. The van der Waals surface area contributed by atoms with Gasteiger partial charge < -0.3 is 19.1 Å². The lowest BCUT2D eigenvalue weighted by molar-refractivity contribution is -0.727. The van der Waals surface area contributed by atoms with Crippen LogP contribution in [0, 0.1) is 11.3 Å². The Morgan fingerprint density at radius 2 is 1.90 bits per heavy atom. The highest BCUT2D eigenvalue weighted by atomic mass is 32.2. The fourth-order valence-electron chi connectivity index (χ4n) is 3.20. The van der Waals surface area contributed by atoms with Crippen LogP contribution >= 0.6 is 0 Å². The summed E-state index contributed by atoms with van der Waals surface area (Å²) >= 11 is 0. The molecule has 0 spiro atoms. The highest BCUT2D eigenvalue weighted by Gasteiger charge is 2.31. The Bertz CT molecular complexity index is 900. The number of pyridine rings is 1.